The number of aliphatic hydroxyl groups is 1. The Balaban J connectivity index is 0.000000531. The quantitative estimate of drug-likeness (QED) is 0.722. The van der Waals surface area contributed by atoms with Crippen LogP contribution in [0.3, 0.4) is 0 Å². The van der Waals surface area contributed by atoms with Crippen LogP contribution in [0, 0.1) is 0 Å². The normalized spacial score (nSPS) is 38.8. The molecule has 0 aromatic carbocycles. The van der Waals surface area contributed by atoms with Crippen molar-refractivity contribution in [3.05, 3.63) is 12.3 Å². The Morgan fingerprint density at radius 2 is 2.00 bits per heavy atom. The van der Waals surface area contributed by atoms with Crippen molar-refractivity contribution >= 4 is 0 Å². The van der Waals surface area contributed by atoms with E-state index in [4.69, 9.17) is 4.74 Å². The summed E-state index contributed by atoms with van der Waals surface area (Å²) in [5.41, 5.74) is -0.515. The van der Waals surface area contributed by atoms with Crippen molar-refractivity contribution in [1.82, 2.24) is 0 Å². The van der Waals surface area contributed by atoms with E-state index in [1.165, 1.54) is 0 Å². The van der Waals surface area contributed by atoms with Crippen molar-refractivity contribution in [2.45, 2.75) is 70.5 Å². The number of hydrogen-bond donors (Lipinski definition) is 1. The van der Waals surface area contributed by atoms with Gasteiger partial charge in [-0.15, -0.1) is 0 Å². The van der Waals surface area contributed by atoms with Gasteiger partial charge in [0, 0.05) is 12.8 Å². The molecule has 0 bridgehead atoms. The maximum absolute atomic E-state index is 10.2. The maximum atomic E-state index is 10.2. The van der Waals surface area contributed by atoms with E-state index in [1.54, 1.807) is 0 Å². The highest BCUT2D eigenvalue weighted by molar-refractivity contribution is 5.11. The second-order valence-electron chi connectivity index (χ2n) is 4.61. The van der Waals surface area contributed by atoms with E-state index < -0.39 is 5.60 Å². The first-order valence-corrected chi connectivity index (χ1v) is 6.17. The highest BCUT2D eigenvalue weighted by Gasteiger charge is 2.50. The van der Waals surface area contributed by atoms with Crippen LogP contribution in [0.5, 0.6) is 0 Å². The first-order chi connectivity index (χ1) is 7.08. The lowest BCUT2D eigenvalue weighted by atomic mass is 9.70. The van der Waals surface area contributed by atoms with Crippen LogP contribution in [-0.4, -0.2) is 16.3 Å². The minimum Gasteiger partial charge on any atom is -0.492 e. The lowest BCUT2D eigenvalue weighted by Crippen LogP contribution is -2.51. The molecule has 2 nitrogen and oxygen atoms in total. The minimum absolute atomic E-state index is 0.0416. The second-order valence-corrected chi connectivity index (χ2v) is 4.61. The van der Waals surface area contributed by atoms with Gasteiger partial charge in [-0.05, 0) is 25.7 Å². The van der Waals surface area contributed by atoms with E-state index in [1.807, 2.05) is 20.8 Å². The average molecular weight is 212 g/mol. The first kappa shape index (κ1) is 12.6. The molecule has 2 aliphatic rings. The van der Waals surface area contributed by atoms with E-state index in [0.717, 1.165) is 44.3 Å². The predicted molar refractivity (Wildman–Crippen MR) is 62.6 cm³/mol. The van der Waals surface area contributed by atoms with Crippen LogP contribution < -0.4 is 0 Å². The van der Waals surface area contributed by atoms with E-state index in [-0.39, 0.29) is 5.60 Å². The van der Waals surface area contributed by atoms with Gasteiger partial charge in [0.15, 0.2) is 0 Å². The molecule has 2 rings (SSSR count). The van der Waals surface area contributed by atoms with E-state index in [0.29, 0.717) is 0 Å². The van der Waals surface area contributed by atoms with E-state index >= 15 is 0 Å². The molecule has 88 valence electrons. The van der Waals surface area contributed by atoms with Gasteiger partial charge < -0.3 is 9.84 Å². The Kier molecular flexibility index (Phi) is 3.82. The van der Waals surface area contributed by atoms with Gasteiger partial charge in [0.25, 0.3) is 0 Å². The zero-order chi connectivity index (χ0) is 11.5. The second kappa shape index (κ2) is 4.56. The lowest BCUT2D eigenvalue weighted by molar-refractivity contribution is -0.164. The largest absolute Gasteiger partial charge is 0.492 e. The topological polar surface area (TPSA) is 29.5 Å². The Labute approximate surface area is 93.3 Å². The van der Waals surface area contributed by atoms with Gasteiger partial charge in [-0.1, -0.05) is 27.4 Å². The molecule has 2 fully saturated rings. The molecular weight excluding hydrogens is 188 g/mol. The van der Waals surface area contributed by atoms with Gasteiger partial charge in [-0.3, -0.25) is 0 Å². The van der Waals surface area contributed by atoms with Gasteiger partial charge in [0.05, 0.1) is 11.4 Å². The van der Waals surface area contributed by atoms with Crippen LogP contribution in [0.25, 0.3) is 0 Å². The van der Waals surface area contributed by atoms with Crippen LogP contribution in [0.15, 0.2) is 12.3 Å². The summed E-state index contributed by atoms with van der Waals surface area (Å²) >= 11 is 0. The molecule has 2 heteroatoms. The van der Waals surface area contributed by atoms with E-state index in [2.05, 4.69) is 6.58 Å². The third-order valence-electron chi connectivity index (χ3n) is 3.46. The van der Waals surface area contributed by atoms with E-state index in [9.17, 15) is 5.11 Å². The monoisotopic (exact) mass is 212 g/mol. The molecule has 0 aromatic rings. The predicted octanol–water partition coefficient (Wildman–Crippen LogP) is 3.40. The van der Waals surface area contributed by atoms with Gasteiger partial charge in [0.2, 0.25) is 0 Å². The lowest BCUT2D eigenvalue weighted by Gasteiger charge is -2.51. The summed E-state index contributed by atoms with van der Waals surface area (Å²) in [7, 11) is 0. The zero-order valence-electron chi connectivity index (χ0n) is 10.3. The summed E-state index contributed by atoms with van der Waals surface area (Å²) < 4.78 is 5.61. The molecule has 1 aliphatic heterocycles. The van der Waals surface area contributed by atoms with Gasteiger partial charge in [-0.25, -0.2) is 0 Å². The van der Waals surface area contributed by atoms with Crippen molar-refractivity contribution < 1.29 is 9.84 Å². The summed E-state index contributed by atoms with van der Waals surface area (Å²) in [5.74, 6) is 0.889. The number of ether oxygens (including phenoxy) is 1. The molecule has 1 spiro atoms. The Hall–Kier alpha value is -0.500. The standard InChI is InChI=1S/C11H18O2.C2H6/c1-3-10(12)5-4-6-11(8-10)7-9(2)13-11;1-2/h12H,2-8H2,1H3;1-2H3. The minimum atomic E-state index is -0.473. The highest BCUT2D eigenvalue weighted by atomic mass is 16.5. The first-order valence-electron chi connectivity index (χ1n) is 6.17. The Morgan fingerprint density at radius 3 is 2.47 bits per heavy atom. The van der Waals surface area contributed by atoms with Crippen molar-refractivity contribution in [3.63, 3.8) is 0 Å². The van der Waals surface area contributed by atoms with Crippen LogP contribution >= 0.6 is 0 Å². The van der Waals surface area contributed by atoms with Gasteiger partial charge >= 0.3 is 0 Å². The number of rotatable bonds is 1. The van der Waals surface area contributed by atoms with Crippen LogP contribution in [-0.2, 0) is 4.74 Å². The molecule has 15 heavy (non-hydrogen) atoms. The van der Waals surface area contributed by atoms with Crippen molar-refractivity contribution in [1.29, 1.82) is 0 Å². The Morgan fingerprint density at radius 1 is 1.40 bits per heavy atom. The molecule has 1 saturated heterocycles. The summed E-state index contributed by atoms with van der Waals surface area (Å²) in [6, 6.07) is 0. The zero-order valence-corrected chi connectivity index (χ0v) is 10.3. The summed E-state index contributed by atoms with van der Waals surface area (Å²) in [6.07, 6.45) is 5.70. The molecule has 0 radical (unpaired) electrons. The van der Waals surface area contributed by atoms with Gasteiger partial charge in [-0.2, -0.15) is 0 Å². The summed E-state index contributed by atoms with van der Waals surface area (Å²) in [6.45, 7) is 9.83. The summed E-state index contributed by atoms with van der Waals surface area (Å²) in [5, 5.41) is 10.2. The molecule has 0 aromatic heterocycles. The fourth-order valence-electron chi connectivity index (χ4n) is 2.71. The molecule has 1 aliphatic carbocycles. The average Bonchev–Trinajstić information content (AvgIpc) is 2.19. The SMILES string of the molecule is C=C1CC2(CCCC(O)(CC)C2)O1.CC. The fraction of sp³-hybridized carbons (Fsp3) is 0.846. The Bertz CT molecular complexity index is 227. The smallest absolute Gasteiger partial charge is 0.118 e. The highest BCUT2D eigenvalue weighted by Crippen LogP contribution is 2.49. The molecular formula is C13H24O2. The van der Waals surface area contributed by atoms with Gasteiger partial charge in [0.1, 0.15) is 5.60 Å². The maximum Gasteiger partial charge on any atom is 0.118 e. The van der Waals surface area contributed by atoms with Crippen LogP contribution in [0.2, 0.25) is 0 Å². The molecule has 2 atom stereocenters. The van der Waals surface area contributed by atoms with Crippen molar-refractivity contribution in [2.75, 3.05) is 0 Å². The molecule has 2 unspecified atom stereocenters. The number of hydrogen-bond acceptors (Lipinski definition) is 2. The van der Waals surface area contributed by atoms with Crippen molar-refractivity contribution in [2.24, 2.45) is 0 Å². The fourth-order valence-corrected chi connectivity index (χ4v) is 2.71. The van der Waals surface area contributed by atoms with Crippen LogP contribution in [0.4, 0.5) is 0 Å². The van der Waals surface area contributed by atoms with Crippen LogP contribution in [0.1, 0.15) is 59.3 Å². The third-order valence-corrected chi connectivity index (χ3v) is 3.46. The van der Waals surface area contributed by atoms with Crippen molar-refractivity contribution in [3.8, 4) is 0 Å². The molecule has 1 N–H and O–H groups in total. The molecule has 1 saturated carbocycles. The molecule has 0 amide bonds. The summed E-state index contributed by atoms with van der Waals surface area (Å²) in [4.78, 5) is 0. The molecule has 1 heterocycles. The third kappa shape index (κ3) is 2.54.